The third-order valence-corrected chi connectivity index (χ3v) is 3.72. The summed E-state index contributed by atoms with van der Waals surface area (Å²) >= 11 is 0. The molecule has 2 rings (SSSR count). The first-order valence-corrected chi connectivity index (χ1v) is 7.68. The van der Waals surface area contributed by atoms with Gasteiger partial charge in [0.1, 0.15) is 5.75 Å². The molecule has 23 heavy (non-hydrogen) atoms. The fourth-order valence-electron chi connectivity index (χ4n) is 2.45. The number of nitrogens with one attached hydrogen (secondary N) is 1. The molecule has 0 saturated heterocycles. The van der Waals surface area contributed by atoms with Gasteiger partial charge in [-0.05, 0) is 50.2 Å². The van der Waals surface area contributed by atoms with E-state index in [1.165, 1.54) is 0 Å². The van der Waals surface area contributed by atoms with Gasteiger partial charge in [-0.15, -0.1) is 0 Å². The Balaban J connectivity index is 2.16. The zero-order chi connectivity index (χ0) is 16.8. The van der Waals surface area contributed by atoms with Crippen LogP contribution in [-0.4, -0.2) is 26.1 Å². The highest BCUT2D eigenvalue weighted by Crippen LogP contribution is 2.26. The Morgan fingerprint density at radius 3 is 2.52 bits per heavy atom. The highest BCUT2D eigenvalue weighted by Gasteiger charge is 2.10. The number of rotatable bonds is 6. The van der Waals surface area contributed by atoms with Crippen LogP contribution in [0.4, 0.5) is 17.1 Å². The van der Waals surface area contributed by atoms with E-state index < -0.39 is 0 Å². The molecule has 0 radical (unpaired) electrons. The lowest BCUT2D eigenvalue weighted by atomic mass is 10.1. The van der Waals surface area contributed by atoms with Crippen molar-refractivity contribution in [3.63, 3.8) is 0 Å². The summed E-state index contributed by atoms with van der Waals surface area (Å²) in [5.74, 6) is 0.452. The first kappa shape index (κ1) is 16.7. The average molecular weight is 313 g/mol. The molecule has 0 aliphatic rings. The van der Waals surface area contributed by atoms with E-state index in [1.807, 2.05) is 12.1 Å². The number of nitrogens with two attached hydrogens (primary N) is 1. The molecule has 0 aliphatic heterocycles. The average Bonchev–Trinajstić information content (AvgIpc) is 2.57. The quantitative estimate of drug-likeness (QED) is 0.802. The van der Waals surface area contributed by atoms with Gasteiger partial charge in [0.05, 0.1) is 18.5 Å². The van der Waals surface area contributed by atoms with E-state index >= 15 is 0 Å². The summed E-state index contributed by atoms with van der Waals surface area (Å²) in [6.07, 6.45) is 0. The van der Waals surface area contributed by atoms with Crippen molar-refractivity contribution in [1.29, 1.82) is 0 Å². The molecule has 0 spiro atoms. The first-order valence-electron chi connectivity index (χ1n) is 7.68. The van der Waals surface area contributed by atoms with Crippen LogP contribution in [0.15, 0.2) is 42.5 Å². The monoisotopic (exact) mass is 313 g/mol. The first-order chi connectivity index (χ1) is 11.1. The van der Waals surface area contributed by atoms with Gasteiger partial charge >= 0.3 is 0 Å². The molecule has 0 aliphatic carbocycles. The molecular weight excluding hydrogens is 290 g/mol. The number of benzene rings is 2. The zero-order valence-electron chi connectivity index (χ0n) is 13.8. The topological polar surface area (TPSA) is 67.6 Å². The number of nitrogen functional groups attached to an aromatic ring is 1. The molecule has 0 aromatic heterocycles. The Morgan fingerprint density at radius 1 is 1.17 bits per heavy atom. The van der Waals surface area contributed by atoms with Gasteiger partial charge in [0.15, 0.2) is 0 Å². The van der Waals surface area contributed by atoms with Gasteiger partial charge in [0.25, 0.3) is 5.91 Å². The predicted molar refractivity (Wildman–Crippen MR) is 95.4 cm³/mol. The van der Waals surface area contributed by atoms with E-state index in [2.05, 4.69) is 24.1 Å². The maximum atomic E-state index is 12.3. The minimum atomic E-state index is -0.195. The highest BCUT2D eigenvalue weighted by molar-refractivity contribution is 6.04. The molecule has 2 aromatic carbocycles. The minimum absolute atomic E-state index is 0.195. The van der Waals surface area contributed by atoms with E-state index in [0.717, 1.165) is 18.8 Å². The van der Waals surface area contributed by atoms with Crippen molar-refractivity contribution in [2.75, 3.05) is 36.1 Å². The number of hydrogen-bond acceptors (Lipinski definition) is 4. The van der Waals surface area contributed by atoms with E-state index in [-0.39, 0.29) is 5.91 Å². The van der Waals surface area contributed by atoms with Gasteiger partial charge in [-0.2, -0.15) is 0 Å². The van der Waals surface area contributed by atoms with Gasteiger partial charge < -0.3 is 20.7 Å². The summed E-state index contributed by atoms with van der Waals surface area (Å²) in [5.41, 5.74) is 8.96. The Morgan fingerprint density at radius 2 is 1.91 bits per heavy atom. The Kier molecular flexibility index (Phi) is 5.46. The Hall–Kier alpha value is -2.69. The third-order valence-electron chi connectivity index (χ3n) is 3.72. The minimum Gasteiger partial charge on any atom is -0.497 e. The molecule has 0 atom stereocenters. The van der Waals surface area contributed by atoms with Crippen molar-refractivity contribution in [3.8, 4) is 5.75 Å². The summed E-state index contributed by atoms with van der Waals surface area (Å²) in [7, 11) is 1.57. The number of nitrogens with zero attached hydrogens (tertiary/aromatic N) is 1. The number of ether oxygens (including phenoxy) is 1. The second-order valence-corrected chi connectivity index (χ2v) is 5.13. The Labute approximate surface area is 137 Å². The van der Waals surface area contributed by atoms with Crippen LogP contribution in [0.5, 0.6) is 5.75 Å². The summed E-state index contributed by atoms with van der Waals surface area (Å²) < 4.78 is 5.14. The highest BCUT2D eigenvalue weighted by atomic mass is 16.5. The third kappa shape index (κ3) is 3.94. The van der Waals surface area contributed by atoms with Gasteiger partial charge in [0, 0.05) is 24.3 Å². The standard InChI is InChI=1S/C18H23N3O2/c1-4-21(5-2)17-10-9-14(12-16(17)19)20-18(22)13-7-6-8-15(11-13)23-3/h6-12H,4-5,19H2,1-3H3,(H,20,22). The van der Waals surface area contributed by atoms with E-state index in [1.54, 1.807) is 37.4 Å². The maximum Gasteiger partial charge on any atom is 0.255 e. The summed E-state index contributed by atoms with van der Waals surface area (Å²) in [4.78, 5) is 14.5. The molecule has 0 saturated carbocycles. The van der Waals surface area contributed by atoms with E-state index in [4.69, 9.17) is 10.5 Å². The molecule has 0 unspecified atom stereocenters. The zero-order valence-corrected chi connectivity index (χ0v) is 13.8. The number of hydrogen-bond donors (Lipinski definition) is 2. The summed E-state index contributed by atoms with van der Waals surface area (Å²) in [6, 6.07) is 12.6. The number of carbonyl (C=O) groups is 1. The van der Waals surface area contributed by atoms with Crippen LogP contribution in [0.3, 0.4) is 0 Å². The van der Waals surface area contributed by atoms with Crippen molar-refractivity contribution in [2.24, 2.45) is 0 Å². The molecule has 1 amide bonds. The fourth-order valence-corrected chi connectivity index (χ4v) is 2.45. The molecule has 0 fully saturated rings. The van der Waals surface area contributed by atoms with Crippen LogP contribution < -0.4 is 20.7 Å². The van der Waals surface area contributed by atoms with E-state index in [0.29, 0.717) is 22.7 Å². The molecule has 122 valence electrons. The van der Waals surface area contributed by atoms with Crippen LogP contribution in [0, 0.1) is 0 Å². The smallest absolute Gasteiger partial charge is 0.255 e. The van der Waals surface area contributed by atoms with Gasteiger partial charge in [-0.25, -0.2) is 0 Å². The van der Waals surface area contributed by atoms with Crippen molar-refractivity contribution >= 4 is 23.0 Å². The number of anilines is 3. The lowest BCUT2D eigenvalue weighted by Gasteiger charge is -2.23. The normalized spacial score (nSPS) is 10.2. The lowest BCUT2D eigenvalue weighted by molar-refractivity contribution is 0.102. The van der Waals surface area contributed by atoms with Crippen molar-refractivity contribution in [1.82, 2.24) is 0 Å². The van der Waals surface area contributed by atoms with Crippen molar-refractivity contribution in [2.45, 2.75) is 13.8 Å². The second-order valence-electron chi connectivity index (χ2n) is 5.13. The van der Waals surface area contributed by atoms with Gasteiger partial charge in [0.2, 0.25) is 0 Å². The van der Waals surface area contributed by atoms with Crippen LogP contribution >= 0.6 is 0 Å². The van der Waals surface area contributed by atoms with Gasteiger partial charge in [-0.1, -0.05) is 6.07 Å². The van der Waals surface area contributed by atoms with Crippen molar-refractivity contribution in [3.05, 3.63) is 48.0 Å². The SMILES string of the molecule is CCN(CC)c1ccc(NC(=O)c2cccc(OC)c2)cc1N. The predicted octanol–water partition coefficient (Wildman–Crippen LogP) is 3.38. The summed E-state index contributed by atoms with van der Waals surface area (Å²) in [5, 5.41) is 2.86. The molecule has 5 nitrogen and oxygen atoms in total. The molecule has 0 heterocycles. The van der Waals surface area contributed by atoms with E-state index in [9.17, 15) is 4.79 Å². The van der Waals surface area contributed by atoms with Crippen molar-refractivity contribution < 1.29 is 9.53 Å². The van der Waals surface area contributed by atoms with Crippen LogP contribution in [0.2, 0.25) is 0 Å². The van der Waals surface area contributed by atoms with Crippen LogP contribution in [0.25, 0.3) is 0 Å². The largest absolute Gasteiger partial charge is 0.497 e. The lowest BCUT2D eigenvalue weighted by Crippen LogP contribution is -2.23. The molecule has 0 bridgehead atoms. The number of amides is 1. The molecular formula is C18H23N3O2. The molecule has 2 aromatic rings. The number of carbonyl (C=O) groups excluding carboxylic acids is 1. The molecule has 5 heteroatoms. The van der Waals surface area contributed by atoms with Gasteiger partial charge in [-0.3, -0.25) is 4.79 Å². The van der Waals surface area contributed by atoms with Crippen LogP contribution in [-0.2, 0) is 0 Å². The summed E-state index contributed by atoms with van der Waals surface area (Å²) in [6.45, 7) is 5.94. The second kappa shape index (κ2) is 7.54. The Bertz CT molecular complexity index is 682. The van der Waals surface area contributed by atoms with Crippen LogP contribution in [0.1, 0.15) is 24.2 Å². The number of methoxy groups -OCH3 is 1. The molecule has 3 N–H and O–H groups in total. The fraction of sp³-hybridized carbons (Fsp3) is 0.278. The maximum absolute atomic E-state index is 12.3.